The van der Waals surface area contributed by atoms with E-state index in [1.54, 1.807) is 49.5 Å². The maximum atomic E-state index is 12.2. The molecule has 3 rings (SSSR count). The van der Waals surface area contributed by atoms with Crippen molar-refractivity contribution in [2.24, 2.45) is 0 Å². The van der Waals surface area contributed by atoms with Crippen LogP contribution in [0.2, 0.25) is 5.02 Å². The van der Waals surface area contributed by atoms with Crippen LogP contribution in [0.25, 0.3) is 10.9 Å². The second-order valence-corrected chi connectivity index (χ2v) is 5.96. The molecule has 0 fully saturated rings. The Balaban J connectivity index is 1.65. The number of carbonyl (C=O) groups excluding carboxylic acids is 1. The Labute approximate surface area is 149 Å². The smallest absolute Gasteiger partial charge is 0.260 e. The highest BCUT2D eigenvalue weighted by molar-refractivity contribution is 6.30. The Morgan fingerprint density at radius 1 is 1.20 bits per heavy atom. The summed E-state index contributed by atoms with van der Waals surface area (Å²) in [5.41, 5.74) is 0.373. The molecule has 1 aromatic heterocycles. The van der Waals surface area contributed by atoms with Crippen molar-refractivity contribution in [3.8, 4) is 5.75 Å². The van der Waals surface area contributed by atoms with Gasteiger partial charge in [0.1, 0.15) is 11.6 Å². The molecular weight excluding hydrogens is 342 g/mol. The van der Waals surface area contributed by atoms with Crippen molar-refractivity contribution in [3.63, 3.8) is 0 Å². The molecule has 0 saturated heterocycles. The second kappa shape index (κ2) is 7.36. The molecule has 0 unspecified atom stereocenters. The molecule has 0 saturated carbocycles. The van der Waals surface area contributed by atoms with Crippen molar-refractivity contribution >= 4 is 28.4 Å². The zero-order valence-corrected chi connectivity index (χ0v) is 14.3. The summed E-state index contributed by atoms with van der Waals surface area (Å²) in [6, 6.07) is 13.8. The average molecular weight is 358 g/mol. The van der Waals surface area contributed by atoms with E-state index in [1.165, 1.54) is 4.90 Å². The average Bonchev–Trinajstić information content (AvgIpc) is 2.61. The molecular formula is C18H16ClN3O3. The van der Waals surface area contributed by atoms with Crippen LogP contribution < -0.4 is 10.3 Å². The molecule has 2 aromatic carbocycles. The number of likely N-dealkylation sites (N-methyl/N-ethyl adjacent to an activating group) is 1. The summed E-state index contributed by atoms with van der Waals surface area (Å²) in [6.07, 6.45) is 0. The van der Waals surface area contributed by atoms with Crippen LogP contribution in [-0.2, 0) is 11.3 Å². The van der Waals surface area contributed by atoms with Gasteiger partial charge in [0.2, 0.25) is 0 Å². The molecule has 1 N–H and O–H groups in total. The van der Waals surface area contributed by atoms with Gasteiger partial charge in [0, 0.05) is 12.1 Å². The zero-order chi connectivity index (χ0) is 17.8. The van der Waals surface area contributed by atoms with Crippen molar-refractivity contribution in [1.82, 2.24) is 14.9 Å². The molecule has 1 heterocycles. The molecule has 6 nitrogen and oxygen atoms in total. The number of nitrogens with zero attached hydrogens (tertiary/aromatic N) is 2. The van der Waals surface area contributed by atoms with Crippen LogP contribution in [0.5, 0.6) is 5.75 Å². The quantitative estimate of drug-likeness (QED) is 0.761. The Morgan fingerprint density at radius 3 is 2.68 bits per heavy atom. The van der Waals surface area contributed by atoms with Gasteiger partial charge in [0.05, 0.1) is 17.4 Å². The number of benzene rings is 2. The van der Waals surface area contributed by atoms with Crippen LogP contribution >= 0.6 is 11.6 Å². The summed E-state index contributed by atoms with van der Waals surface area (Å²) in [5, 5.41) is 1.12. The van der Waals surface area contributed by atoms with Gasteiger partial charge in [-0.25, -0.2) is 4.98 Å². The third-order valence-electron chi connectivity index (χ3n) is 3.65. The number of halogens is 1. The first-order chi connectivity index (χ1) is 12.0. The second-order valence-electron chi connectivity index (χ2n) is 5.52. The summed E-state index contributed by atoms with van der Waals surface area (Å²) in [5.74, 6) is 0.750. The fourth-order valence-electron chi connectivity index (χ4n) is 2.31. The Morgan fingerprint density at radius 2 is 1.92 bits per heavy atom. The molecule has 0 radical (unpaired) electrons. The first-order valence-electron chi connectivity index (χ1n) is 7.63. The van der Waals surface area contributed by atoms with Crippen molar-refractivity contribution < 1.29 is 9.53 Å². The number of hydrogen-bond donors (Lipinski definition) is 1. The minimum absolute atomic E-state index is 0.115. The van der Waals surface area contributed by atoms with E-state index < -0.39 is 0 Å². The van der Waals surface area contributed by atoms with Gasteiger partial charge in [-0.05, 0) is 36.4 Å². The monoisotopic (exact) mass is 357 g/mol. The minimum Gasteiger partial charge on any atom is -0.484 e. The number of carbonyl (C=O) groups is 1. The van der Waals surface area contributed by atoms with E-state index in [2.05, 4.69) is 9.97 Å². The maximum Gasteiger partial charge on any atom is 0.260 e. The predicted octanol–water partition coefficient (Wildman–Crippen LogP) is 2.61. The molecule has 0 aliphatic rings. The summed E-state index contributed by atoms with van der Waals surface area (Å²) in [6.45, 7) is 0.0683. The van der Waals surface area contributed by atoms with Crippen molar-refractivity contribution in [1.29, 1.82) is 0 Å². The maximum absolute atomic E-state index is 12.2. The van der Waals surface area contributed by atoms with Crippen LogP contribution in [0.15, 0.2) is 53.3 Å². The van der Waals surface area contributed by atoms with Gasteiger partial charge in [-0.1, -0.05) is 23.7 Å². The van der Waals surface area contributed by atoms with Gasteiger partial charge in [0.15, 0.2) is 6.61 Å². The number of aromatic amines is 1. The van der Waals surface area contributed by atoms with E-state index in [0.29, 0.717) is 27.5 Å². The molecule has 25 heavy (non-hydrogen) atoms. The van der Waals surface area contributed by atoms with Gasteiger partial charge in [-0.3, -0.25) is 9.59 Å². The van der Waals surface area contributed by atoms with Crippen LogP contribution in [0.3, 0.4) is 0 Å². The van der Waals surface area contributed by atoms with Gasteiger partial charge in [-0.2, -0.15) is 0 Å². The zero-order valence-electron chi connectivity index (χ0n) is 13.5. The Bertz CT molecular complexity index is 954. The number of H-pyrrole nitrogens is 1. The SMILES string of the molecule is CN(Cc1nc2ccccc2c(=O)[nH]1)C(=O)COc1ccc(Cl)cc1. The van der Waals surface area contributed by atoms with Gasteiger partial charge in [-0.15, -0.1) is 0 Å². The number of amides is 1. The van der Waals surface area contributed by atoms with Crippen LogP contribution in [0.4, 0.5) is 0 Å². The van der Waals surface area contributed by atoms with Gasteiger partial charge in [0.25, 0.3) is 11.5 Å². The van der Waals surface area contributed by atoms with Crippen molar-refractivity contribution in [2.45, 2.75) is 6.54 Å². The Kier molecular flexibility index (Phi) is 5.00. The summed E-state index contributed by atoms with van der Waals surface area (Å²) in [7, 11) is 1.63. The van der Waals surface area contributed by atoms with Crippen molar-refractivity contribution in [3.05, 3.63) is 69.7 Å². The molecule has 0 spiro atoms. The largest absolute Gasteiger partial charge is 0.484 e. The number of hydrogen-bond acceptors (Lipinski definition) is 4. The third-order valence-corrected chi connectivity index (χ3v) is 3.90. The van der Waals surface area contributed by atoms with E-state index in [-0.39, 0.29) is 24.6 Å². The molecule has 3 aromatic rings. The topological polar surface area (TPSA) is 75.3 Å². The highest BCUT2D eigenvalue weighted by Crippen LogP contribution is 2.15. The molecule has 1 amide bonds. The fraction of sp³-hybridized carbons (Fsp3) is 0.167. The van der Waals surface area contributed by atoms with E-state index in [1.807, 2.05) is 6.07 Å². The van der Waals surface area contributed by atoms with Crippen LogP contribution in [-0.4, -0.2) is 34.4 Å². The first-order valence-corrected chi connectivity index (χ1v) is 8.01. The van der Waals surface area contributed by atoms with Crippen LogP contribution in [0.1, 0.15) is 5.82 Å². The summed E-state index contributed by atoms with van der Waals surface area (Å²) < 4.78 is 5.43. The number of fused-ring (bicyclic) bond motifs is 1. The molecule has 0 atom stereocenters. The first kappa shape index (κ1) is 17.0. The number of aromatic nitrogens is 2. The Hall–Kier alpha value is -2.86. The van der Waals surface area contributed by atoms with Gasteiger partial charge < -0.3 is 14.6 Å². The lowest BCUT2D eigenvalue weighted by atomic mass is 10.2. The fourth-order valence-corrected chi connectivity index (χ4v) is 2.43. The molecule has 128 valence electrons. The number of rotatable bonds is 5. The predicted molar refractivity (Wildman–Crippen MR) is 95.8 cm³/mol. The standard InChI is InChI=1S/C18H16ClN3O3/c1-22(17(23)11-25-13-8-6-12(19)7-9-13)10-16-20-15-5-3-2-4-14(15)18(24)21-16/h2-9H,10-11H2,1H3,(H,20,21,24). The number of ether oxygens (including phenoxy) is 1. The van der Waals surface area contributed by atoms with Gasteiger partial charge >= 0.3 is 0 Å². The summed E-state index contributed by atoms with van der Waals surface area (Å²) >= 11 is 5.80. The highest BCUT2D eigenvalue weighted by atomic mass is 35.5. The summed E-state index contributed by atoms with van der Waals surface area (Å²) in [4.78, 5) is 32.8. The highest BCUT2D eigenvalue weighted by Gasteiger charge is 2.12. The lowest BCUT2D eigenvalue weighted by molar-refractivity contribution is -0.132. The van der Waals surface area contributed by atoms with Crippen molar-refractivity contribution in [2.75, 3.05) is 13.7 Å². The minimum atomic E-state index is -0.231. The molecule has 7 heteroatoms. The number of nitrogens with one attached hydrogen (secondary N) is 1. The van der Waals surface area contributed by atoms with E-state index in [4.69, 9.17) is 16.3 Å². The number of para-hydroxylation sites is 1. The molecule has 0 aliphatic heterocycles. The lowest BCUT2D eigenvalue weighted by Crippen LogP contribution is -2.32. The third kappa shape index (κ3) is 4.16. The lowest BCUT2D eigenvalue weighted by Gasteiger charge is -2.17. The van der Waals surface area contributed by atoms with E-state index >= 15 is 0 Å². The van der Waals surface area contributed by atoms with E-state index in [9.17, 15) is 9.59 Å². The molecule has 0 aliphatic carbocycles. The van der Waals surface area contributed by atoms with Crippen LogP contribution in [0, 0.1) is 0 Å². The normalized spacial score (nSPS) is 10.6. The molecule has 0 bridgehead atoms. The van der Waals surface area contributed by atoms with E-state index in [0.717, 1.165) is 0 Å².